The van der Waals surface area contributed by atoms with Crippen molar-refractivity contribution in [3.63, 3.8) is 0 Å². The van der Waals surface area contributed by atoms with Crippen LogP contribution in [0, 0.1) is 5.92 Å². The first-order valence-electron chi connectivity index (χ1n) is 6.66. The van der Waals surface area contributed by atoms with E-state index in [1.54, 1.807) is 11.9 Å². The molecule has 19 heavy (non-hydrogen) atoms. The molecule has 1 saturated heterocycles. The Kier molecular flexibility index (Phi) is 5.17. The van der Waals surface area contributed by atoms with Crippen LogP contribution < -0.4 is 5.32 Å². The number of aliphatic carboxylic acids is 1. The van der Waals surface area contributed by atoms with E-state index in [1.165, 1.54) is 0 Å². The number of hydrogen-bond acceptors (Lipinski definition) is 3. The molecule has 0 saturated carbocycles. The van der Waals surface area contributed by atoms with Gasteiger partial charge in [-0.1, -0.05) is 13.8 Å². The van der Waals surface area contributed by atoms with Gasteiger partial charge in [-0.3, -0.25) is 0 Å². The predicted molar refractivity (Wildman–Crippen MR) is 71.0 cm³/mol. The second-order valence-corrected chi connectivity index (χ2v) is 5.53. The molecule has 0 aromatic carbocycles. The molecule has 1 fully saturated rings. The standard InChI is InChI=1S/C13H24N2O4/c1-9(2)10(3)15(4)12(18)14-13(11(16)17)5-7-19-8-6-13/h9-10H,5-8H2,1-4H3,(H,14,18)(H,16,17). The van der Waals surface area contributed by atoms with Crippen LogP contribution in [0.4, 0.5) is 4.79 Å². The zero-order valence-corrected chi connectivity index (χ0v) is 12.1. The SMILES string of the molecule is CC(C)C(C)N(C)C(=O)NC1(C(=O)O)CCOCC1. The van der Waals surface area contributed by atoms with Crippen LogP contribution in [0.2, 0.25) is 0 Å². The highest BCUT2D eigenvalue weighted by Gasteiger charge is 2.42. The summed E-state index contributed by atoms with van der Waals surface area (Å²) in [5.74, 6) is -0.680. The minimum Gasteiger partial charge on any atom is -0.480 e. The number of ether oxygens (including phenoxy) is 1. The smallest absolute Gasteiger partial charge is 0.329 e. The summed E-state index contributed by atoms with van der Waals surface area (Å²) < 4.78 is 5.17. The Bertz CT molecular complexity index is 338. The van der Waals surface area contributed by atoms with Crippen molar-refractivity contribution in [2.75, 3.05) is 20.3 Å². The fraction of sp³-hybridized carbons (Fsp3) is 0.846. The molecule has 0 bridgehead atoms. The zero-order chi connectivity index (χ0) is 14.6. The Labute approximate surface area is 114 Å². The molecule has 1 rings (SSSR count). The van der Waals surface area contributed by atoms with Gasteiger partial charge in [0.1, 0.15) is 5.54 Å². The molecule has 0 spiro atoms. The van der Waals surface area contributed by atoms with Crippen molar-refractivity contribution in [1.82, 2.24) is 10.2 Å². The van der Waals surface area contributed by atoms with Gasteiger partial charge in [-0.25, -0.2) is 9.59 Å². The molecule has 0 radical (unpaired) electrons. The third kappa shape index (κ3) is 3.59. The van der Waals surface area contributed by atoms with Crippen LogP contribution in [0.3, 0.4) is 0 Å². The topological polar surface area (TPSA) is 78.9 Å². The first-order valence-corrected chi connectivity index (χ1v) is 6.66. The van der Waals surface area contributed by atoms with Crippen LogP contribution >= 0.6 is 0 Å². The molecule has 1 heterocycles. The van der Waals surface area contributed by atoms with Gasteiger partial charge in [0.15, 0.2) is 0 Å². The van der Waals surface area contributed by atoms with Gasteiger partial charge >= 0.3 is 12.0 Å². The van der Waals surface area contributed by atoms with E-state index < -0.39 is 11.5 Å². The largest absolute Gasteiger partial charge is 0.480 e. The van der Waals surface area contributed by atoms with E-state index in [0.29, 0.717) is 32.0 Å². The molecule has 2 N–H and O–H groups in total. The maximum atomic E-state index is 12.2. The van der Waals surface area contributed by atoms with E-state index in [-0.39, 0.29) is 12.1 Å². The van der Waals surface area contributed by atoms with E-state index in [9.17, 15) is 14.7 Å². The summed E-state index contributed by atoms with van der Waals surface area (Å²) in [5.41, 5.74) is -1.19. The Hall–Kier alpha value is -1.30. The number of carbonyl (C=O) groups excluding carboxylic acids is 1. The molecule has 1 aliphatic heterocycles. The Morgan fingerprint density at radius 1 is 1.26 bits per heavy atom. The lowest BCUT2D eigenvalue weighted by molar-refractivity contribution is -0.148. The molecular weight excluding hydrogens is 248 g/mol. The van der Waals surface area contributed by atoms with Crippen molar-refractivity contribution in [1.29, 1.82) is 0 Å². The van der Waals surface area contributed by atoms with E-state index in [4.69, 9.17) is 4.74 Å². The molecule has 110 valence electrons. The third-order valence-corrected chi connectivity index (χ3v) is 4.00. The lowest BCUT2D eigenvalue weighted by Gasteiger charge is -2.37. The van der Waals surface area contributed by atoms with Gasteiger partial charge in [-0.2, -0.15) is 0 Å². The number of rotatable bonds is 4. The van der Waals surface area contributed by atoms with Crippen molar-refractivity contribution in [3.8, 4) is 0 Å². The average Bonchev–Trinajstić information content (AvgIpc) is 2.37. The first kappa shape index (κ1) is 15.8. The number of nitrogens with zero attached hydrogens (tertiary/aromatic N) is 1. The van der Waals surface area contributed by atoms with Gasteiger partial charge in [0.05, 0.1) is 0 Å². The summed E-state index contributed by atoms with van der Waals surface area (Å²) in [6.45, 7) is 6.71. The number of carbonyl (C=O) groups is 2. The maximum Gasteiger partial charge on any atom is 0.329 e. The molecule has 1 unspecified atom stereocenters. The number of amides is 2. The van der Waals surface area contributed by atoms with E-state index in [0.717, 1.165) is 0 Å². The van der Waals surface area contributed by atoms with Crippen LogP contribution in [0.5, 0.6) is 0 Å². The molecule has 0 aromatic heterocycles. The minimum absolute atomic E-state index is 0.0469. The van der Waals surface area contributed by atoms with E-state index >= 15 is 0 Å². The summed E-state index contributed by atoms with van der Waals surface area (Å²) in [4.78, 5) is 25.2. The zero-order valence-electron chi connectivity index (χ0n) is 12.1. The monoisotopic (exact) mass is 272 g/mol. The van der Waals surface area contributed by atoms with Crippen LogP contribution in [0.1, 0.15) is 33.6 Å². The van der Waals surface area contributed by atoms with E-state index in [2.05, 4.69) is 5.32 Å². The Morgan fingerprint density at radius 2 is 1.79 bits per heavy atom. The molecule has 1 aliphatic rings. The highest BCUT2D eigenvalue weighted by Crippen LogP contribution is 2.22. The van der Waals surface area contributed by atoms with Crippen molar-refractivity contribution in [2.45, 2.75) is 45.2 Å². The number of hydrogen-bond donors (Lipinski definition) is 2. The van der Waals surface area contributed by atoms with Gasteiger partial charge in [0, 0.05) is 39.1 Å². The molecule has 1 atom stereocenters. The fourth-order valence-electron chi connectivity index (χ4n) is 2.04. The second kappa shape index (κ2) is 6.23. The summed E-state index contributed by atoms with van der Waals surface area (Å²) in [6.07, 6.45) is 0.607. The number of nitrogens with one attached hydrogen (secondary N) is 1. The lowest BCUT2D eigenvalue weighted by Crippen LogP contribution is -2.60. The maximum absolute atomic E-state index is 12.2. The van der Waals surface area contributed by atoms with Crippen LogP contribution in [0.15, 0.2) is 0 Å². The molecule has 6 heteroatoms. The molecular formula is C13H24N2O4. The summed E-state index contributed by atoms with van der Waals surface area (Å²) in [6, 6.07) is -0.295. The number of carboxylic acids is 1. The van der Waals surface area contributed by atoms with Gasteiger partial charge in [-0.05, 0) is 12.8 Å². The number of urea groups is 1. The quantitative estimate of drug-likeness (QED) is 0.808. The van der Waals surface area contributed by atoms with Gasteiger partial charge in [-0.15, -0.1) is 0 Å². The Morgan fingerprint density at radius 3 is 2.21 bits per heavy atom. The van der Waals surface area contributed by atoms with E-state index in [1.807, 2.05) is 20.8 Å². The fourth-order valence-corrected chi connectivity index (χ4v) is 2.04. The lowest BCUT2D eigenvalue weighted by atomic mass is 9.90. The minimum atomic E-state index is -1.19. The Balaban J connectivity index is 2.74. The second-order valence-electron chi connectivity index (χ2n) is 5.53. The van der Waals surface area contributed by atoms with Gasteiger partial charge in [0.25, 0.3) is 0 Å². The number of carboxylic acid groups (broad SMARTS) is 1. The highest BCUT2D eigenvalue weighted by molar-refractivity contribution is 5.86. The molecule has 6 nitrogen and oxygen atoms in total. The third-order valence-electron chi connectivity index (χ3n) is 4.00. The van der Waals surface area contributed by atoms with Crippen LogP contribution in [-0.4, -0.2) is 53.8 Å². The van der Waals surface area contributed by atoms with Gasteiger partial charge < -0.3 is 20.1 Å². The summed E-state index contributed by atoms with van der Waals surface area (Å²) in [5, 5.41) is 12.1. The average molecular weight is 272 g/mol. The first-order chi connectivity index (χ1) is 8.80. The summed E-state index contributed by atoms with van der Waals surface area (Å²) in [7, 11) is 1.69. The van der Waals surface area contributed by atoms with Crippen LogP contribution in [-0.2, 0) is 9.53 Å². The normalized spacial score (nSPS) is 19.8. The molecule has 2 amide bonds. The van der Waals surface area contributed by atoms with Crippen molar-refractivity contribution >= 4 is 12.0 Å². The van der Waals surface area contributed by atoms with Crippen LogP contribution in [0.25, 0.3) is 0 Å². The van der Waals surface area contributed by atoms with Crippen molar-refractivity contribution in [3.05, 3.63) is 0 Å². The van der Waals surface area contributed by atoms with Gasteiger partial charge in [0.2, 0.25) is 0 Å². The summed E-state index contributed by atoms with van der Waals surface area (Å²) >= 11 is 0. The van der Waals surface area contributed by atoms with Crippen molar-refractivity contribution in [2.24, 2.45) is 5.92 Å². The predicted octanol–water partition coefficient (Wildman–Crippen LogP) is 1.31. The molecule has 0 aliphatic carbocycles. The molecule has 0 aromatic rings. The highest BCUT2D eigenvalue weighted by atomic mass is 16.5. The van der Waals surface area contributed by atoms with Crippen molar-refractivity contribution < 1.29 is 19.4 Å².